The van der Waals surface area contributed by atoms with Crippen LogP contribution in [0.4, 0.5) is 5.69 Å². The van der Waals surface area contributed by atoms with Crippen LogP contribution in [-0.2, 0) is 16.6 Å². The molecule has 0 saturated heterocycles. The van der Waals surface area contributed by atoms with E-state index < -0.39 is 10.0 Å². The van der Waals surface area contributed by atoms with E-state index in [9.17, 15) is 8.42 Å². The summed E-state index contributed by atoms with van der Waals surface area (Å²) in [5.74, 6) is 0. The molecule has 1 aromatic carbocycles. The first kappa shape index (κ1) is 16.0. The number of benzene rings is 1. The third-order valence-electron chi connectivity index (χ3n) is 3.47. The SMILES string of the molecule is CCN(Cc1cccs1)S(=O)(=O)c1c(C)ccc(C)c1N. The number of sulfonamides is 1. The molecule has 0 aliphatic carbocycles. The van der Waals surface area contributed by atoms with Gasteiger partial charge in [-0.15, -0.1) is 11.3 Å². The lowest BCUT2D eigenvalue weighted by Gasteiger charge is -2.22. The lowest BCUT2D eigenvalue weighted by atomic mass is 10.1. The summed E-state index contributed by atoms with van der Waals surface area (Å²) in [6.45, 7) is 6.23. The quantitative estimate of drug-likeness (QED) is 0.859. The third kappa shape index (κ3) is 3.12. The van der Waals surface area contributed by atoms with Gasteiger partial charge in [0.25, 0.3) is 0 Å². The molecule has 0 saturated carbocycles. The first-order valence-corrected chi connectivity index (χ1v) is 9.08. The van der Waals surface area contributed by atoms with Crippen LogP contribution in [0.5, 0.6) is 0 Å². The van der Waals surface area contributed by atoms with Gasteiger partial charge in [0.05, 0.1) is 5.69 Å². The topological polar surface area (TPSA) is 63.4 Å². The van der Waals surface area contributed by atoms with E-state index >= 15 is 0 Å². The van der Waals surface area contributed by atoms with Gasteiger partial charge < -0.3 is 5.73 Å². The van der Waals surface area contributed by atoms with Crippen LogP contribution in [-0.4, -0.2) is 19.3 Å². The molecule has 1 aromatic heterocycles. The molecule has 1 heterocycles. The van der Waals surface area contributed by atoms with Crippen LogP contribution in [0.25, 0.3) is 0 Å². The number of hydrogen-bond donors (Lipinski definition) is 1. The molecule has 0 fully saturated rings. The van der Waals surface area contributed by atoms with E-state index in [4.69, 9.17) is 5.73 Å². The Hall–Kier alpha value is -1.37. The second kappa shape index (κ2) is 6.17. The molecule has 0 radical (unpaired) electrons. The number of aryl methyl sites for hydroxylation is 2. The number of thiophene rings is 1. The van der Waals surface area contributed by atoms with Crippen LogP contribution in [0.1, 0.15) is 22.9 Å². The fraction of sp³-hybridized carbons (Fsp3) is 0.333. The highest BCUT2D eigenvalue weighted by Crippen LogP contribution is 2.29. The molecule has 2 aromatic rings. The summed E-state index contributed by atoms with van der Waals surface area (Å²) in [7, 11) is -3.60. The van der Waals surface area contributed by atoms with E-state index in [0.29, 0.717) is 24.3 Å². The van der Waals surface area contributed by atoms with Crippen molar-refractivity contribution >= 4 is 27.0 Å². The maximum atomic E-state index is 12.9. The smallest absolute Gasteiger partial charge is 0.245 e. The normalized spacial score (nSPS) is 12.0. The predicted molar refractivity (Wildman–Crippen MR) is 87.9 cm³/mol. The van der Waals surface area contributed by atoms with Gasteiger partial charge in [-0.05, 0) is 36.4 Å². The molecule has 6 heteroatoms. The molecule has 21 heavy (non-hydrogen) atoms. The Bertz CT molecular complexity index is 722. The predicted octanol–water partition coefficient (Wildman–Crippen LogP) is 3.16. The number of nitrogens with two attached hydrogens (primary N) is 1. The van der Waals surface area contributed by atoms with Crippen molar-refractivity contribution in [3.63, 3.8) is 0 Å². The van der Waals surface area contributed by atoms with Crippen LogP contribution in [0.15, 0.2) is 34.5 Å². The second-order valence-corrected chi connectivity index (χ2v) is 7.86. The monoisotopic (exact) mass is 324 g/mol. The average molecular weight is 324 g/mol. The van der Waals surface area contributed by atoms with Gasteiger partial charge >= 0.3 is 0 Å². The first-order valence-electron chi connectivity index (χ1n) is 6.76. The van der Waals surface area contributed by atoms with E-state index in [1.54, 1.807) is 24.3 Å². The summed E-state index contributed by atoms with van der Waals surface area (Å²) >= 11 is 1.55. The van der Waals surface area contributed by atoms with Gasteiger partial charge in [0.2, 0.25) is 10.0 Å². The molecular formula is C15H20N2O2S2. The number of nitrogens with zero attached hydrogens (tertiary/aromatic N) is 1. The maximum Gasteiger partial charge on any atom is 0.245 e. The number of anilines is 1. The lowest BCUT2D eigenvalue weighted by Crippen LogP contribution is -2.31. The van der Waals surface area contributed by atoms with Gasteiger partial charge in [0, 0.05) is 18.0 Å². The van der Waals surface area contributed by atoms with Crippen LogP contribution in [0.3, 0.4) is 0 Å². The minimum Gasteiger partial charge on any atom is -0.397 e. The maximum absolute atomic E-state index is 12.9. The van der Waals surface area contributed by atoms with Crippen molar-refractivity contribution in [1.82, 2.24) is 4.31 Å². The van der Waals surface area contributed by atoms with E-state index in [1.807, 2.05) is 37.4 Å². The summed E-state index contributed by atoms with van der Waals surface area (Å²) in [5, 5.41) is 1.95. The summed E-state index contributed by atoms with van der Waals surface area (Å²) in [6.07, 6.45) is 0. The lowest BCUT2D eigenvalue weighted by molar-refractivity contribution is 0.426. The van der Waals surface area contributed by atoms with Gasteiger partial charge in [0.15, 0.2) is 0 Å². The minimum absolute atomic E-state index is 0.237. The summed E-state index contributed by atoms with van der Waals surface area (Å²) in [4.78, 5) is 1.25. The molecule has 2 N–H and O–H groups in total. The summed E-state index contributed by atoms with van der Waals surface area (Å²) in [6, 6.07) is 7.51. The molecule has 0 unspecified atom stereocenters. The Morgan fingerprint density at radius 1 is 1.19 bits per heavy atom. The zero-order valence-electron chi connectivity index (χ0n) is 12.5. The standard InChI is InChI=1S/C15H20N2O2S2/c1-4-17(10-13-6-5-9-20-13)21(18,19)15-12(3)8-7-11(2)14(15)16/h5-9H,4,10,16H2,1-3H3. The average Bonchev–Trinajstić information content (AvgIpc) is 2.93. The van der Waals surface area contributed by atoms with Crippen molar-refractivity contribution in [2.24, 2.45) is 0 Å². The molecule has 0 aliphatic rings. The van der Waals surface area contributed by atoms with Crippen LogP contribution in [0, 0.1) is 13.8 Å². The van der Waals surface area contributed by atoms with Gasteiger partial charge in [-0.3, -0.25) is 0 Å². The molecule has 0 aliphatic heterocycles. The molecule has 0 atom stereocenters. The zero-order chi connectivity index (χ0) is 15.6. The van der Waals surface area contributed by atoms with Crippen LogP contribution in [0.2, 0.25) is 0 Å². The van der Waals surface area contributed by atoms with Crippen molar-refractivity contribution in [2.75, 3.05) is 12.3 Å². The summed E-state index contributed by atoms with van der Waals surface area (Å²) < 4.78 is 27.3. The zero-order valence-corrected chi connectivity index (χ0v) is 14.1. The van der Waals surface area contributed by atoms with E-state index in [1.165, 1.54) is 4.31 Å². The highest BCUT2D eigenvalue weighted by Gasteiger charge is 2.28. The highest BCUT2D eigenvalue weighted by molar-refractivity contribution is 7.89. The Kier molecular flexibility index (Phi) is 4.70. The van der Waals surface area contributed by atoms with Crippen LogP contribution >= 0.6 is 11.3 Å². The van der Waals surface area contributed by atoms with Crippen molar-refractivity contribution in [1.29, 1.82) is 0 Å². The molecule has 0 spiro atoms. The molecule has 114 valence electrons. The molecule has 0 amide bonds. The van der Waals surface area contributed by atoms with Crippen molar-refractivity contribution in [2.45, 2.75) is 32.2 Å². The number of rotatable bonds is 5. The molecule has 0 bridgehead atoms. The van der Waals surface area contributed by atoms with Gasteiger partial charge in [0.1, 0.15) is 4.90 Å². The highest BCUT2D eigenvalue weighted by atomic mass is 32.2. The van der Waals surface area contributed by atoms with E-state index in [2.05, 4.69) is 0 Å². The third-order valence-corrected chi connectivity index (χ3v) is 6.46. The summed E-state index contributed by atoms with van der Waals surface area (Å²) in [5.41, 5.74) is 7.85. The van der Waals surface area contributed by atoms with Gasteiger partial charge in [-0.25, -0.2) is 8.42 Å². The van der Waals surface area contributed by atoms with Crippen LogP contribution < -0.4 is 5.73 Å². The number of nitrogen functional groups attached to an aromatic ring is 1. The fourth-order valence-electron chi connectivity index (χ4n) is 2.22. The van der Waals surface area contributed by atoms with Crippen molar-refractivity contribution in [3.05, 3.63) is 45.6 Å². The number of hydrogen-bond acceptors (Lipinski definition) is 4. The first-order chi connectivity index (χ1) is 9.87. The Morgan fingerprint density at radius 3 is 2.43 bits per heavy atom. The van der Waals surface area contributed by atoms with E-state index in [-0.39, 0.29) is 4.90 Å². The van der Waals surface area contributed by atoms with E-state index in [0.717, 1.165) is 10.4 Å². The van der Waals surface area contributed by atoms with Crippen molar-refractivity contribution in [3.8, 4) is 0 Å². The Balaban J connectivity index is 2.47. The molecule has 4 nitrogen and oxygen atoms in total. The largest absolute Gasteiger partial charge is 0.397 e. The molecular weight excluding hydrogens is 304 g/mol. The fourth-order valence-corrected chi connectivity index (χ4v) is 4.84. The second-order valence-electron chi connectivity index (χ2n) is 4.95. The van der Waals surface area contributed by atoms with Gasteiger partial charge in [-0.2, -0.15) is 4.31 Å². The Morgan fingerprint density at radius 2 is 1.86 bits per heavy atom. The molecule has 2 rings (SSSR count). The Labute approximate surface area is 130 Å². The van der Waals surface area contributed by atoms with Crippen molar-refractivity contribution < 1.29 is 8.42 Å². The van der Waals surface area contributed by atoms with Gasteiger partial charge in [-0.1, -0.05) is 25.1 Å². The minimum atomic E-state index is -3.60.